The molecular formula is C25H23FN4O5. The standard InChI is InChI=1S/C25H23FN4O5/c1-16-14-29(15-27-16)20-9-4-17(12-21(20)32-2)13-22-23-28-35-25(24(31)33-3,30(23)10-11-34-22)18-5-7-19(26)8-6-18/h4-9,12-15H,10-11H2,1-3H3/b22-13-. The predicted molar refractivity (Wildman–Crippen MR) is 124 cm³/mol. The number of aryl methyl sites for hydroxylation is 1. The second-order valence-corrected chi connectivity index (χ2v) is 8.01. The van der Waals surface area contributed by atoms with Gasteiger partial charge in [0.2, 0.25) is 5.84 Å². The Labute approximate surface area is 201 Å². The lowest BCUT2D eigenvalue weighted by atomic mass is 9.99. The molecule has 0 saturated carbocycles. The molecule has 9 nitrogen and oxygen atoms in total. The maximum atomic E-state index is 13.6. The molecule has 3 heterocycles. The summed E-state index contributed by atoms with van der Waals surface area (Å²) in [6.45, 7) is 2.50. The van der Waals surface area contributed by atoms with Crippen molar-refractivity contribution in [3.05, 3.63) is 83.4 Å². The van der Waals surface area contributed by atoms with Gasteiger partial charge in [0.1, 0.15) is 18.2 Å². The molecule has 180 valence electrons. The molecule has 2 aromatic carbocycles. The normalized spacial score (nSPS) is 20.1. The number of hydrogen-bond donors (Lipinski definition) is 0. The fourth-order valence-electron chi connectivity index (χ4n) is 4.21. The van der Waals surface area contributed by atoms with Crippen LogP contribution in [-0.4, -0.2) is 53.6 Å². The first-order valence-corrected chi connectivity index (χ1v) is 10.9. The van der Waals surface area contributed by atoms with E-state index in [0.717, 1.165) is 16.9 Å². The zero-order valence-electron chi connectivity index (χ0n) is 19.4. The van der Waals surface area contributed by atoms with E-state index in [1.54, 1.807) is 24.4 Å². The van der Waals surface area contributed by atoms with E-state index in [1.165, 1.54) is 31.4 Å². The summed E-state index contributed by atoms with van der Waals surface area (Å²) in [6, 6.07) is 11.2. The highest BCUT2D eigenvalue weighted by Gasteiger charge is 2.57. The lowest BCUT2D eigenvalue weighted by molar-refractivity contribution is -0.187. The third-order valence-corrected chi connectivity index (χ3v) is 5.88. The maximum absolute atomic E-state index is 13.6. The zero-order chi connectivity index (χ0) is 24.6. The van der Waals surface area contributed by atoms with Crippen molar-refractivity contribution in [1.29, 1.82) is 0 Å². The van der Waals surface area contributed by atoms with E-state index in [1.807, 2.05) is 35.9 Å². The molecule has 2 aliphatic heterocycles. The molecule has 0 amide bonds. The molecule has 2 aliphatic rings. The number of imidazole rings is 1. The Morgan fingerprint density at radius 1 is 1.20 bits per heavy atom. The van der Waals surface area contributed by atoms with Crippen LogP contribution in [0.3, 0.4) is 0 Å². The number of halogens is 1. The van der Waals surface area contributed by atoms with E-state index < -0.39 is 17.5 Å². The number of rotatable bonds is 5. The molecule has 0 bridgehead atoms. The first-order chi connectivity index (χ1) is 17.0. The lowest BCUT2D eigenvalue weighted by Gasteiger charge is -2.37. The van der Waals surface area contributed by atoms with Crippen molar-refractivity contribution in [2.45, 2.75) is 12.6 Å². The van der Waals surface area contributed by atoms with Crippen LogP contribution in [0.25, 0.3) is 11.8 Å². The van der Waals surface area contributed by atoms with Gasteiger partial charge in [-0.2, -0.15) is 0 Å². The van der Waals surface area contributed by atoms with Crippen LogP contribution >= 0.6 is 0 Å². The van der Waals surface area contributed by atoms with E-state index in [0.29, 0.717) is 29.5 Å². The summed E-state index contributed by atoms with van der Waals surface area (Å²) >= 11 is 0. The largest absolute Gasteiger partial charge is 0.495 e. The van der Waals surface area contributed by atoms with Gasteiger partial charge in [0.05, 0.1) is 38.5 Å². The van der Waals surface area contributed by atoms with Gasteiger partial charge in [-0.15, -0.1) is 0 Å². The van der Waals surface area contributed by atoms with Gasteiger partial charge in [-0.05, 0) is 55.0 Å². The fraction of sp³-hybridized carbons (Fsp3) is 0.240. The topological polar surface area (TPSA) is 87.4 Å². The Morgan fingerprint density at radius 3 is 2.69 bits per heavy atom. The molecule has 1 aromatic heterocycles. The van der Waals surface area contributed by atoms with E-state index >= 15 is 0 Å². The molecule has 0 spiro atoms. The number of aromatic nitrogens is 2. The smallest absolute Gasteiger partial charge is 0.380 e. The summed E-state index contributed by atoms with van der Waals surface area (Å²) in [4.78, 5) is 24.6. The molecule has 5 rings (SSSR count). The number of esters is 1. The van der Waals surface area contributed by atoms with Gasteiger partial charge < -0.3 is 23.6 Å². The van der Waals surface area contributed by atoms with Gasteiger partial charge in [-0.3, -0.25) is 4.90 Å². The van der Waals surface area contributed by atoms with E-state index in [4.69, 9.17) is 19.0 Å². The van der Waals surface area contributed by atoms with Crippen molar-refractivity contribution in [3.63, 3.8) is 0 Å². The van der Waals surface area contributed by atoms with Gasteiger partial charge >= 0.3 is 11.7 Å². The zero-order valence-corrected chi connectivity index (χ0v) is 19.4. The van der Waals surface area contributed by atoms with Gasteiger partial charge in [0.15, 0.2) is 5.76 Å². The number of carbonyl (C=O) groups is 1. The van der Waals surface area contributed by atoms with Crippen LogP contribution in [0.2, 0.25) is 0 Å². The molecule has 10 heteroatoms. The summed E-state index contributed by atoms with van der Waals surface area (Å²) in [5.41, 5.74) is 1.24. The molecular weight excluding hydrogens is 455 g/mol. The molecule has 1 atom stereocenters. The van der Waals surface area contributed by atoms with Crippen LogP contribution in [0.5, 0.6) is 5.75 Å². The first-order valence-electron chi connectivity index (χ1n) is 10.9. The first kappa shape index (κ1) is 22.5. The van der Waals surface area contributed by atoms with Crippen LogP contribution in [-0.2, 0) is 24.8 Å². The molecule has 3 aromatic rings. The molecule has 0 radical (unpaired) electrons. The van der Waals surface area contributed by atoms with Crippen molar-refractivity contribution in [1.82, 2.24) is 14.5 Å². The molecule has 1 fully saturated rings. The summed E-state index contributed by atoms with van der Waals surface area (Å²) in [6.07, 6.45) is 5.42. The summed E-state index contributed by atoms with van der Waals surface area (Å²) in [5.74, 6) is 0.283. The highest BCUT2D eigenvalue weighted by Crippen LogP contribution is 2.40. The fourth-order valence-corrected chi connectivity index (χ4v) is 4.21. The van der Waals surface area contributed by atoms with Crippen LogP contribution in [0.1, 0.15) is 16.8 Å². The molecule has 35 heavy (non-hydrogen) atoms. The number of hydrogen-bond acceptors (Lipinski definition) is 8. The monoisotopic (exact) mass is 478 g/mol. The highest BCUT2D eigenvalue weighted by molar-refractivity contribution is 6.04. The molecule has 0 aliphatic carbocycles. The minimum absolute atomic E-state index is 0.275. The Balaban J connectivity index is 1.51. The van der Waals surface area contributed by atoms with Crippen LogP contribution in [0, 0.1) is 12.7 Å². The summed E-state index contributed by atoms with van der Waals surface area (Å²) < 4.78 is 32.0. The van der Waals surface area contributed by atoms with Crippen molar-refractivity contribution in [2.24, 2.45) is 5.16 Å². The number of fused-ring (bicyclic) bond motifs is 1. The van der Waals surface area contributed by atoms with E-state index in [9.17, 15) is 9.18 Å². The Bertz CT molecular complexity index is 1330. The van der Waals surface area contributed by atoms with Crippen LogP contribution in [0.15, 0.2) is 65.9 Å². The van der Waals surface area contributed by atoms with Gasteiger partial charge in [-0.25, -0.2) is 14.2 Å². The third-order valence-electron chi connectivity index (χ3n) is 5.88. The number of oxime groups is 1. The van der Waals surface area contributed by atoms with Crippen molar-refractivity contribution in [2.75, 3.05) is 27.4 Å². The number of benzene rings is 2. The number of nitrogens with zero attached hydrogens (tertiary/aromatic N) is 4. The Hall–Kier alpha value is -4.34. The second kappa shape index (κ2) is 8.79. The number of carbonyl (C=O) groups excluding carboxylic acids is 1. The molecule has 1 saturated heterocycles. The number of amidine groups is 1. The van der Waals surface area contributed by atoms with Crippen molar-refractivity contribution in [3.8, 4) is 11.4 Å². The quantitative estimate of drug-likeness (QED) is 0.520. The minimum Gasteiger partial charge on any atom is -0.495 e. The predicted octanol–water partition coefficient (Wildman–Crippen LogP) is 3.37. The molecule has 0 N–H and O–H groups in total. The average Bonchev–Trinajstić information content (AvgIpc) is 3.49. The number of ether oxygens (including phenoxy) is 3. The van der Waals surface area contributed by atoms with Crippen molar-refractivity contribution < 1.29 is 28.2 Å². The van der Waals surface area contributed by atoms with Gasteiger partial charge in [-0.1, -0.05) is 11.2 Å². The Morgan fingerprint density at radius 2 is 2.00 bits per heavy atom. The number of methoxy groups -OCH3 is 2. The van der Waals surface area contributed by atoms with Gasteiger partial charge in [0, 0.05) is 11.8 Å². The average molecular weight is 478 g/mol. The minimum atomic E-state index is -1.68. The molecule has 1 unspecified atom stereocenters. The van der Waals surface area contributed by atoms with Crippen molar-refractivity contribution >= 4 is 17.9 Å². The Kier molecular flexibility index (Phi) is 5.64. The third kappa shape index (κ3) is 3.76. The van der Waals surface area contributed by atoms with Crippen LogP contribution in [0.4, 0.5) is 4.39 Å². The lowest BCUT2D eigenvalue weighted by Crippen LogP contribution is -2.55. The summed E-state index contributed by atoms with van der Waals surface area (Å²) in [7, 11) is 2.86. The van der Waals surface area contributed by atoms with Gasteiger partial charge in [0.25, 0.3) is 0 Å². The summed E-state index contributed by atoms with van der Waals surface area (Å²) in [5, 5.41) is 4.18. The van der Waals surface area contributed by atoms with E-state index in [2.05, 4.69) is 10.1 Å². The highest BCUT2D eigenvalue weighted by atomic mass is 19.1. The second-order valence-electron chi connectivity index (χ2n) is 8.01. The SMILES string of the molecule is COC(=O)C1(c2ccc(F)cc2)ON=C2/C(=C/c3ccc(-n4cnc(C)c4)c(OC)c3)OCCN21. The number of morpholine rings is 1. The maximum Gasteiger partial charge on any atom is 0.380 e. The van der Waals surface area contributed by atoms with Crippen LogP contribution < -0.4 is 4.74 Å². The van der Waals surface area contributed by atoms with E-state index in [-0.39, 0.29) is 6.61 Å².